The number of aliphatic imine (C=N–C) groups is 1. The monoisotopic (exact) mass is 577 g/mol. The molecule has 1 heterocycles. The summed E-state index contributed by atoms with van der Waals surface area (Å²) in [6.45, 7) is 8.03. The summed E-state index contributed by atoms with van der Waals surface area (Å²) in [4.78, 5) is 21.2. The zero-order chi connectivity index (χ0) is 23.6. The van der Waals surface area contributed by atoms with Crippen molar-refractivity contribution in [3.8, 4) is 0 Å². The molecular formula is C27H40IN5O. The smallest absolute Gasteiger partial charge is 0.253 e. The minimum absolute atomic E-state index is 0. The summed E-state index contributed by atoms with van der Waals surface area (Å²) in [6.07, 6.45) is 3.01. The highest BCUT2D eigenvalue weighted by Gasteiger charge is 2.25. The highest BCUT2D eigenvalue weighted by Crippen LogP contribution is 2.20. The van der Waals surface area contributed by atoms with Crippen molar-refractivity contribution in [1.82, 2.24) is 20.4 Å². The van der Waals surface area contributed by atoms with Crippen LogP contribution >= 0.6 is 24.0 Å². The van der Waals surface area contributed by atoms with Crippen LogP contribution in [0.3, 0.4) is 0 Å². The molecule has 1 saturated heterocycles. The van der Waals surface area contributed by atoms with Gasteiger partial charge in [0, 0.05) is 57.9 Å². The first kappa shape index (κ1) is 28.1. The molecular weight excluding hydrogens is 537 g/mol. The van der Waals surface area contributed by atoms with E-state index in [0.29, 0.717) is 18.6 Å². The maximum absolute atomic E-state index is 12.2. The molecule has 1 amide bonds. The highest BCUT2D eigenvalue weighted by molar-refractivity contribution is 14.0. The molecule has 1 fully saturated rings. The van der Waals surface area contributed by atoms with Gasteiger partial charge in [-0.15, -0.1) is 24.0 Å². The number of hydrogen-bond acceptors (Lipinski definition) is 3. The van der Waals surface area contributed by atoms with Crippen LogP contribution in [0.2, 0.25) is 0 Å². The molecule has 0 spiro atoms. The number of rotatable bonds is 8. The number of nitrogens with zero attached hydrogens (tertiary/aromatic N) is 3. The van der Waals surface area contributed by atoms with Gasteiger partial charge in [0.2, 0.25) is 0 Å². The third kappa shape index (κ3) is 8.58. The first-order valence-corrected chi connectivity index (χ1v) is 12.1. The number of likely N-dealkylation sites (tertiary alicyclic amines) is 1. The van der Waals surface area contributed by atoms with E-state index in [4.69, 9.17) is 4.99 Å². The molecule has 0 aliphatic carbocycles. The van der Waals surface area contributed by atoms with Gasteiger partial charge in [-0.3, -0.25) is 14.7 Å². The van der Waals surface area contributed by atoms with E-state index in [9.17, 15) is 4.79 Å². The average Bonchev–Trinajstić information content (AvgIpc) is 2.81. The maximum atomic E-state index is 12.2. The summed E-state index contributed by atoms with van der Waals surface area (Å²) < 4.78 is 0. The molecule has 2 aromatic carbocycles. The summed E-state index contributed by atoms with van der Waals surface area (Å²) in [6, 6.07) is 19.5. The Balaban J connectivity index is 0.00000408. The Labute approximate surface area is 222 Å². The van der Waals surface area contributed by atoms with Crippen molar-refractivity contribution in [2.24, 2.45) is 4.99 Å². The molecule has 2 unspecified atom stereocenters. The summed E-state index contributed by atoms with van der Waals surface area (Å²) in [7, 11) is 3.56. The zero-order valence-electron chi connectivity index (χ0n) is 21.0. The van der Waals surface area contributed by atoms with E-state index < -0.39 is 0 Å². The first-order valence-electron chi connectivity index (χ1n) is 12.1. The second kappa shape index (κ2) is 14.3. The quantitative estimate of drug-likeness (QED) is 0.281. The number of carbonyl (C=O) groups is 1. The van der Waals surface area contributed by atoms with E-state index in [-0.39, 0.29) is 29.9 Å². The molecule has 0 bridgehead atoms. The van der Waals surface area contributed by atoms with Crippen molar-refractivity contribution in [1.29, 1.82) is 0 Å². The minimum Gasteiger partial charge on any atom is -0.357 e. The Bertz CT molecular complexity index is 918. The highest BCUT2D eigenvalue weighted by atomic mass is 127. The van der Waals surface area contributed by atoms with E-state index in [1.807, 2.05) is 18.2 Å². The molecule has 1 aliphatic heterocycles. The van der Waals surface area contributed by atoms with Gasteiger partial charge in [-0.2, -0.15) is 0 Å². The van der Waals surface area contributed by atoms with Gasteiger partial charge in [-0.05, 0) is 56.4 Å². The molecule has 6 nitrogen and oxygen atoms in total. The van der Waals surface area contributed by atoms with E-state index in [2.05, 4.69) is 65.8 Å². The molecule has 186 valence electrons. The number of nitrogens with one attached hydrogen (secondary N) is 2. The maximum Gasteiger partial charge on any atom is 0.253 e. The number of hydrogen-bond donors (Lipinski definition) is 2. The van der Waals surface area contributed by atoms with Gasteiger partial charge in [0.15, 0.2) is 5.96 Å². The number of carbonyl (C=O) groups excluding carboxylic acids is 1. The number of amides is 1. The molecule has 0 saturated carbocycles. The van der Waals surface area contributed by atoms with Crippen LogP contribution in [0.4, 0.5) is 0 Å². The van der Waals surface area contributed by atoms with Crippen LogP contribution in [0.25, 0.3) is 0 Å². The second-order valence-corrected chi connectivity index (χ2v) is 9.08. The van der Waals surface area contributed by atoms with Crippen LogP contribution in [-0.2, 0) is 13.0 Å². The Morgan fingerprint density at radius 2 is 1.85 bits per heavy atom. The van der Waals surface area contributed by atoms with Gasteiger partial charge in [0.1, 0.15) is 0 Å². The van der Waals surface area contributed by atoms with Crippen molar-refractivity contribution in [2.45, 2.75) is 51.7 Å². The number of benzene rings is 2. The van der Waals surface area contributed by atoms with Crippen LogP contribution in [0.15, 0.2) is 59.6 Å². The van der Waals surface area contributed by atoms with Crippen molar-refractivity contribution in [3.63, 3.8) is 0 Å². The van der Waals surface area contributed by atoms with Crippen LogP contribution in [0, 0.1) is 0 Å². The lowest BCUT2D eigenvalue weighted by molar-refractivity contribution is 0.0827. The van der Waals surface area contributed by atoms with E-state index >= 15 is 0 Å². The molecule has 2 atom stereocenters. The number of piperidine rings is 1. The predicted octanol–water partition coefficient (Wildman–Crippen LogP) is 4.16. The van der Waals surface area contributed by atoms with Crippen molar-refractivity contribution >= 4 is 35.8 Å². The molecule has 34 heavy (non-hydrogen) atoms. The SMILES string of the molecule is CCNC(=NCCc1cccc(C(=O)N(C)C)c1)NC1CCN(Cc2ccccc2)C(C)C1.I. The van der Waals surface area contributed by atoms with Gasteiger partial charge >= 0.3 is 0 Å². The van der Waals surface area contributed by atoms with Crippen LogP contribution in [0.1, 0.15) is 48.2 Å². The van der Waals surface area contributed by atoms with E-state index in [1.165, 1.54) is 5.56 Å². The third-order valence-corrected chi connectivity index (χ3v) is 6.18. The molecule has 3 rings (SSSR count). The van der Waals surface area contributed by atoms with Gasteiger partial charge in [0.25, 0.3) is 5.91 Å². The molecule has 0 radical (unpaired) electrons. The fraction of sp³-hybridized carbons (Fsp3) is 0.481. The fourth-order valence-electron chi connectivity index (χ4n) is 4.33. The molecule has 2 aromatic rings. The van der Waals surface area contributed by atoms with Crippen molar-refractivity contribution in [3.05, 3.63) is 71.3 Å². The van der Waals surface area contributed by atoms with Crippen molar-refractivity contribution < 1.29 is 4.79 Å². The van der Waals surface area contributed by atoms with Crippen LogP contribution in [0.5, 0.6) is 0 Å². The summed E-state index contributed by atoms with van der Waals surface area (Å²) >= 11 is 0. The topological polar surface area (TPSA) is 60.0 Å². The lowest BCUT2D eigenvalue weighted by atomic mass is 9.97. The first-order chi connectivity index (χ1) is 16.0. The fourth-order valence-corrected chi connectivity index (χ4v) is 4.33. The van der Waals surface area contributed by atoms with Crippen LogP contribution in [-0.4, -0.2) is 67.5 Å². The normalized spacial score (nSPS) is 18.6. The van der Waals surface area contributed by atoms with E-state index in [0.717, 1.165) is 56.0 Å². The Kier molecular flexibility index (Phi) is 11.8. The van der Waals surface area contributed by atoms with Crippen molar-refractivity contribution in [2.75, 3.05) is 33.7 Å². The average molecular weight is 578 g/mol. The van der Waals surface area contributed by atoms with Gasteiger partial charge in [0.05, 0.1) is 0 Å². The lowest BCUT2D eigenvalue weighted by Crippen LogP contribution is -2.51. The number of guanidine groups is 1. The molecule has 7 heteroatoms. The van der Waals surface area contributed by atoms with E-state index in [1.54, 1.807) is 19.0 Å². The Morgan fingerprint density at radius 3 is 2.53 bits per heavy atom. The van der Waals surface area contributed by atoms with Crippen LogP contribution < -0.4 is 10.6 Å². The van der Waals surface area contributed by atoms with Gasteiger partial charge in [-0.25, -0.2) is 0 Å². The largest absolute Gasteiger partial charge is 0.357 e. The third-order valence-electron chi connectivity index (χ3n) is 6.18. The Hall–Kier alpha value is -2.13. The minimum atomic E-state index is 0. The summed E-state index contributed by atoms with van der Waals surface area (Å²) in [5, 5.41) is 7.05. The molecule has 2 N–H and O–H groups in total. The standard InChI is InChI=1S/C27H39N5O.HI/c1-5-28-27(29-16-14-22-12-9-13-24(19-22)26(33)31(3)4)30-25-15-17-32(21(2)18-25)20-23-10-7-6-8-11-23;/h6-13,19,21,25H,5,14-18,20H2,1-4H3,(H2,28,29,30);1H. The molecule has 1 aliphatic rings. The Morgan fingerprint density at radius 1 is 1.12 bits per heavy atom. The summed E-state index contributed by atoms with van der Waals surface area (Å²) in [5.41, 5.74) is 3.23. The molecule has 0 aromatic heterocycles. The lowest BCUT2D eigenvalue weighted by Gasteiger charge is -2.38. The predicted molar refractivity (Wildman–Crippen MR) is 152 cm³/mol. The van der Waals surface area contributed by atoms with Gasteiger partial charge < -0.3 is 15.5 Å². The number of halogens is 1. The van der Waals surface area contributed by atoms with Gasteiger partial charge in [-0.1, -0.05) is 42.5 Å². The second-order valence-electron chi connectivity index (χ2n) is 9.08. The zero-order valence-corrected chi connectivity index (χ0v) is 23.3. The summed E-state index contributed by atoms with van der Waals surface area (Å²) in [5.74, 6) is 0.912.